The van der Waals surface area contributed by atoms with Crippen molar-refractivity contribution in [1.29, 1.82) is 0 Å². The molecule has 8 heteroatoms. The Morgan fingerprint density at radius 2 is 2.00 bits per heavy atom. The van der Waals surface area contributed by atoms with E-state index in [1.165, 1.54) is 6.20 Å². The molecule has 0 atom stereocenters. The maximum Gasteiger partial charge on any atom is 0.214 e. The first-order valence-electron chi connectivity index (χ1n) is 8.63. The summed E-state index contributed by atoms with van der Waals surface area (Å²) in [7, 11) is 0. The lowest BCUT2D eigenvalue weighted by atomic mass is 10.1. The molecular weight excluding hydrogens is 420 g/mol. The summed E-state index contributed by atoms with van der Waals surface area (Å²) in [6.45, 7) is 1.90. The van der Waals surface area contributed by atoms with E-state index in [0.717, 1.165) is 37.9 Å². The predicted molar refractivity (Wildman–Crippen MR) is 112 cm³/mol. The van der Waals surface area contributed by atoms with Crippen LogP contribution in [0, 0.1) is 6.92 Å². The van der Waals surface area contributed by atoms with Crippen molar-refractivity contribution in [3.63, 3.8) is 0 Å². The molecule has 0 bridgehead atoms. The van der Waals surface area contributed by atoms with E-state index in [9.17, 15) is 4.79 Å². The molecule has 0 saturated heterocycles. The number of nitrogen functional groups attached to an aromatic ring is 1. The van der Waals surface area contributed by atoms with Crippen molar-refractivity contribution >= 4 is 49.5 Å². The first-order chi connectivity index (χ1) is 13.5. The van der Waals surface area contributed by atoms with E-state index in [4.69, 9.17) is 5.73 Å². The molecular formula is C20H15BrN6O. The summed E-state index contributed by atoms with van der Waals surface area (Å²) < 4.78 is 2.48. The molecule has 7 nitrogen and oxygen atoms in total. The number of imidazole rings is 1. The second-order valence-corrected chi connectivity index (χ2v) is 7.45. The fraction of sp³-hybridized carbons (Fsp3) is 0.0500. The SMILES string of the molecule is Cc1nc2ccc(-n3ncc(C(=O)c4cc5c(Br)cccc5[nH]4)c3N)cc2[nH]1. The topological polar surface area (TPSA) is 105 Å². The van der Waals surface area contributed by atoms with E-state index in [1.54, 1.807) is 4.68 Å². The standard InChI is InChI=1S/C20H15BrN6O/c1-10-24-16-6-5-11(7-17(16)25-10)27-20(22)13(9-23-27)19(28)18-8-12-14(21)3-2-4-15(12)26-18/h2-9,26H,22H2,1H3,(H,24,25). The van der Waals surface area contributed by atoms with Crippen LogP contribution in [-0.2, 0) is 0 Å². The second kappa shape index (κ2) is 6.07. The molecule has 0 radical (unpaired) electrons. The normalized spacial score (nSPS) is 11.5. The Balaban J connectivity index is 1.56. The van der Waals surface area contributed by atoms with Crippen LogP contribution < -0.4 is 5.73 Å². The third-order valence-corrected chi connectivity index (χ3v) is 5.43. The molecule has 0 fully saturated rings. The number of carbonyl (C=O) groups excluding carboxylic acids is 1. The van der Waals surface area contributed by atoms with Crippen molar-refractivity contribution in [2.24, 2.45) is 0 Å². The van der Waals surface area contributed by atoms with Crippen molar-refractivity contribution in [2.75, 3.05) is 5.73 Å². The molecule has 5 rings (SSSR count). The number of benzene rings is 2. The average Bonchev–Trinajstić information content (AvgIpc) is 3.36. The van der Waals surface area contributed by atoms with Gasteiger partial charge in [0.15, 0.2) is 0 Å². The van der Waals surface area contributed by atoms with E-state index in [2.05, 4.69) is 36.0 Å². The number of anilines is 1. The minimum absolute atomic E-state index is 0.203. The van der Waals surface area contributed by atoms with E-state index < -0.39 is 0 Å². The quantitative estimate of drug-likeness (QED) is 0.371. The number of ketones is 1. The number of aromatic amines is 2. The minimum Gasteiger partial charge on any atom is -0.383 e. The highest BCUT2D eigenvalue weighted by Crippen LogP contribution is 2.27. The van der Waals surface area contributed by atoms with Crippen LogP contribution in [0.1, 0.15) is 21.9 Å². The molecule has 28 heavy (non-hydrogen) atoms. The van der Waals surface area contributed by atoms with Gasteiger partial charge in [-0.3, -0.25) is 4.79 Å². The molecule has 4 N–H and O–H groups in total. The summed E-state index contributed by atoms with van der Waals surface area (Å²) in [5.41, 5.74) is 10.5. The van der Waals surface area contributed by atoms with Gasteiger partial charge in [0, 0.05) is 15.4 Å². The van der Waals surface area contributed by atoms with E-state index in [1.807, 2.05) is 49.4 Å². The first kappa shape index (κ1) is 16.8. The number of carbonyl (C=O) groups is 1. The Kier molecular flexibility index (Phi) is 3.63. The van der Waals surface area contributed by atoms with Gasteiger partial charge >= 0.3 is 0 Å². The molecule has 5 aromatic rings. The smallest absolute Gasteiger partial charge is 0.214 e. The minimum atomic E-state index is -0.203. The monoisotopic (exact) mass is 434 g/mol. The zero-order valence-corrected chi connectivity index (χ0v) is 16.4. The molecule has 3 aromatic heterocycles. The van der Waals surface area contributed by atoms with Crippen LogP contribution in [0.15, 0.2) is 53.1 Å². The number of fused-ring (bicyclic) bond motifs is 2. The van der Waals surface area contributed by atoms with Gasteiger partial charge < -0.3 is 15.7 Å². The third-order valence-electron chi connectivity index (χ3n) is 4.74. The molecule has 0 aliphatic heterocycles. The van der Waals surface area contributed by atoms with Gasteiger partial charge in [-0.2, -0.15) is 5.10 Å². The van der Waals surface area contributed by atoms with Gasteiger partial charge in [0.05, 0.1) is 34.2 Å². The highest BCUT2D eigenvalue weighted by atomic mass is 79.9. The molecule has 0 unspecified atom stereocenters. The summed E-state index contributed by atoms with van der Waals surface area (Å²) in [6.07, 6.45) is 1.50. The third kappa shape index (κ3) is 2.53. The highest BCUT2D eigenvalue weighted by Gasteiger charge is 2.20. The van der Waals surface area contributed by atoms with Gasteiger partial charge in [0.25, 0.3) is 0 Å². The van der Waals surface area contributed by atoms with Crippen LogP contribution in [0.3, 0.4) is 0 Å². The summed E-state index contributed by atoms with van der Waals surface area (Å²) in [4.78, 5) is 23.8. The van der Waals surface area contributed by atoms with Gasteiger partial charge in [0.1, 0.15) is 11.6 Å². The Labute approximate surface area is 167 Å². The van der Waals surface area contributed by atoms with E-state index in [0.29, 0.717) is 17.1 Å². The van der Waals surface area contributed by atoms with Gasteiger partial charge in [-0.15, -0.1) is 0 Å². The van der Waals surface area contributed by atoms with Crippen LogP contribution in [0.25, 0.3) is 27.6 Å². The molecule has 0 saturated carbocycles. The summed E-state index contributed by atoms with van der Waals surface area (Å²) in [6, 6.07) is 13.3. The Bertz CT molecular complexity index is 1380. The second-order valence-electron chi connectivity index (χ2n) is 6.59. The van der Waals surface area contributed by atoms with Crippen LogP contribution in [0.2, 0.25) is 0 Å². The average molecular weight is 435 g/mol. The molecule has 0 aliphatic carbocycles. The lowest BCUT2D eigenvalue weighted by molar-refractivity contribution is 0.103. The summed E-state index contributed by atoms with van der Waals surface area (Å²) in [5, 5.41) is 5.27. The molecule has 138 valence electrons. The Morgan fingerprint density at radius 3 is 2.82 bits per heavy atom. The maximum absolute atomic E-state index is 13.0. The van der Waals surface area contributed by atoms with Crippen LogP contribution in [0.5, 0.6) is 0 Å². The number of hydrogen-bond donors (Lipinski definition) is 3. The maximum atomic E-state index is 13.0. The largest absolute Gasteiger partial charge is 0.383 e. The lowest BCUT2D eigenvalue weighted by Crippen LogP contribution is -2.07. The van der Waals surface area contributed by atoms with Gasteiger partial charge in [-0.1, -0.05) is 22.0 Å². The van der Waals surface area contributed by atoms with Crippen LogP contribution >= 0.6 is 15.9 Å². The van der Waals surface area contributed by atoms with Crippen LogP contribution in [-0.4, -0.2) is 30.5 Å². The summed E-state index contributed by atoms with van der Waals surface area (Å²) in [5.74, 6) is 0.921. The fourth-order valence-electron chi connectivity index (χ4n) is 3.38. The van der Waals surface area contributed by atoms with Crippen molar-refractivity contribution in [3.8, 4) is 5.69 Å². The number of nitrogens with one attached hydrogen (secondary N) is 2. The Hall–Kier alpha value is -3.39. The Morgan fingerprint density at radius 1 is 1.14 bits per heavy atom. The predicted octanol–water partition coefficient (Wildman–Crippen LogP) is 4.11. The fourth-order valence-corrected chi connectivity index (χ4v) is 3.86. The zero-order valence-electron chi connectivity index (χ0n) is 14.8. The van der Waals surface area contributed by atoms with Gasteiger partial charge in [0.2, 0.25) is 5.78 Å². The van der Waals surface area contributed by atoms with E-state index in [-0.39, 0.29) is 5.78 Å². The van der Waals surface area contributed by atoms with Crippen molar-refractivity contribution in [1.82, 2.24) is 24.7 Å². The number of nitrogens with zero attached hydrogens (tertiary/aromatic N) is 3. The first-order valence-corrected chi connectivity index (χ1v) is 9.43. The molecule has 0 aliphatic rings. The van der Waals surface area contributed by atoms with E-state index >= 15 is 0 Å². The molecule has 3 heterocycles. The highest BCUT2D eigenvalue weighted by molar-refractivity contribution is 9.10. The molecule has 0 spiro atoms. The number of rotatable bonds is 3. The number of halogens is 1. The zero-order chi connectivity index (χ0) is 19.4. The van der Waals surface area contributed by atoms with Crippen molar-refractivity contribution in [3.05, 3.63) is 70.2 Å². The van der Waals surface area contributed by atoms with Crippen molar-refractivity contribution < 1.29 is 4.79 Å². The van der Waals surface area contributed by atoms with Gasteiger partial charge in [-0.05, 0) is 43.3 Å². The van der Waals surface area contributed by atoms with Gasteiger partial charge in [-0.25, -0.2) is 9.67 Å². The number of aryl methyl sites for hydroxylation is 1. The number of hydrogen-bond acceptors (Lipinski definition) is 4. The van der Waals surface area contributed by atoms with Crippen LogP contribution in [0.4, 0.5) is 5.82 Å². The number of H-pyrrole nitrogens is 2. The van der Waals surface area contributed by atoms with Crippen molar-refractivity contribution in [2.45, 2.75) is 6.92 Å². The number of nitrogens with two attached hydrogens (primary N) is 1. The summed E-state index contributed by atoms with van der Waals surface area (Å²) >= 11 is 3.51. The lowest BCUT2D eigenvalue weighted by Gasteiger charge is -2.05. The molecule has 2 aromatic carbocycles. The molecule has 0 amide bonds. The number of aromatic nitrogens is 5.